The molecule has 27 heavy (non-hydrogen) atoms. The van der Waals surface area contributed by atoms with E-state index in [2.05, 4.69) is 35.8 Å². The van der Waals surface area contributed by atoms with Crippen LogP contribution in [-0.2, 0) is 19.7 Å². The van der Waals surface area contributed by atoms with Crippen molar-refractivity contribution in [2.45, 2.75) is 19.3 Å². The zero-order valence-corrected chi connectivity index (χ0v) is 16.9. The number of furan rings is 1. The number of nitrogens with zero attached hydrogens (tertiary/aromatic N) is 1. The van der Waals surface area contributed by atoms with Crippen molar-refractivity contribution in [3.05, 3.63) is 70.2 Å². The number of fused-ring (bicyclic) bond motifs is 1. The van der Waals surface area contributed by atoms with Crippen molar-refractivity contribution in [3.63, 3.8) is 0 Å². The predicted octanol–water partition coefficient (Wildman–Crippen LogP) is 4.48. The number of halogens is 1. The highest BCUT2D eigenvalue weighted by atomic mass is 79.9. The molecule has 0 bridgehead atoms. The van der Waals surface area contributed by atoms with Gasteiger partial charge >= 0.3 is 5.97 Å². The highest BCUT2D eigenvalue weighted by Crippen LogP contribution is 2.46. The summed E-state index contributed by atoms with van der Waals surface area (Å²) in [7, 11) is 1.93. The van der Waals surface area contributed by atoms with E-state index in [0.717, 1.165) is 16.9 Å². The Morgan fingerprint density at radius 1 is 1.22 bits per heavy atom. The van der Waals surface area contributed by atoms with E-state index in [9.17, 15) is 9.59 Å². The van der Waals surface area contributed by atoms with Crippen LogP contribution in [0.1, 0.15) is 25.2 Å². The molecule has 1 aromatic heterocycles. The normalized spacial score (nSPS) is 16.7. The van der Waals surface area contributed by atoms with Gasteiger partial charge in [-0.2, -0.15) is 0 Å². The van der Waals surface area contributed by atoms with Crippen molar-refractivity contribution in [2.75, 3.05) is 18.6 Å². The van der Waals surface area contributed by atoms with Gasteiger partial charge in [-0.05, 0) is 45.8 Å². The number of ether oxygens (including phenoxy) is 1. The Bertz CT molecular complexity index is 939. The number of carbonyl (C=O) groups is 2. The lowest BCUT2D eigenvalue weighted by Gasteiger charge is -2.23. The monoisotopic (exact) mass is 429 g/mol. The maximum atomic E-state index is 12.3. The molecule has 1 aromatic carbocycles. The molecule has 0 amide bonds. The largest absolute Gasteiger partial charge is 0.454 e. The topological polar surface area (TPSA) is 59.8 Å². The van der Waals surface area contributed by atoms with Crippen molar-refractivity contribution in [3.8, 4) is 0 Å². The quantitative estimate of drug-likeness (QED) is 0.517. The number of para-hydroxylation sites is 1. The van der Waals surface area contributed by atoms with Crippen molar-refractivity contribution < 1.29 is 18.7 Å². The van der Waals surface area contributed by atoms with Crippen LogP contribution < -0.4 is 4.90 Å². The average molecular weight is 430 g/mol. The van der Waals surface area contributed by atoms with Crippen LogP contribution in [0.3, 0.4) is 0 Å². The van der Waals surface area contributed by atoms with Crippen molar-refractivity contribution in [1.29, 1.82) is 0 Å². The standard InChI is InChI=1S/C21H20BrNO4/c1-21(2)16-6-4-5-7-17(16)23(3)18(21)12-14(24)13-26-20(25)11-9-15-8-10-19(22)27-15/h4-12H,13H2,1-3H3. The molecule has 6 heteroatoms. The van der Waals surface area contributed by atoms with Gasteiger partial charge in [0.2, 0.25) is 0 Å². The number of anilines is 1. The number of allylic oxidation sites excluding steroid dienone is 1. The van der Waals surface area contributed by atoms with E-state index in [1.54, 1.807) is 18.2 Å². The molecule has 5 nitrogen and oxygen atoms in total. The molecular formula is C21H20BrNO4. The van der Waals surface area contributed by atoms with Crippen LogP contribution in [0.2, 0.25) is 0 Å². The van der Waals surface area contributed by atoms with Gasteiger partial charge < -0.3 is 14.1 Å². The van der Waals surface area contributed by atoms with E-state index in [-0.39, 0.29) is 17.8 Å². The number of likely N-dealkylation sites (N-methyl/N-ethyl adjacent to an activating group) is 1. The average Bonchev–Trinajstić information content (AvgIpc) is 3.14. The third-order valence-electron chi connectivity index (χ3n) is 4.57. The van der Waals surface area contributed by atoms with Gasteiger partial charge in [0.1, 0.15) is 5.76 Å². The Balaban J connectivity index is 1.63. The van der Waals surface area contributed by atoms with Crippen LogP contribution >= 0.6 is 15.9 Å². The predicted molar refractivity (Wildman–Crippen MR) is 107 cm³/mol. The molecule has 3 rings (SSSR count). The molecule has 0 N–H and O–H groups in total. The summed E-state index contributed by atoms with van der Waals surface area (Å²) in [5, 5.41) is 0. The second kappa shape index (κ2) is 7.56. The Morgan fingerprint density at radius 3 is 2.63 bits per heavy atom. The first-order chi connectivity index (χ1) is 12.8. The molecule has 0 aliphatic carbocycles. The number of ketones is 1. The van der Waals surface area contributed by atoms with Gasteiger partial charge in [-0.15, -0.1) is 0 Å². The van der Waals surface area contributed by atoms with Crippen LogP contribution in [0.4, 0.5) is 5.69 Å². The van der Waals surface area contributed by atoms with Crippen LogP contribution in [0.5, 0.6) is 0 Å². The van der Waals surface area contributed by atoms with Crippen LogP contribution in [0.25, 0.3) is 6.08 Å². The Morgan fingerprint density at radius 2 is 1.96 bits per heavy atom. The highest BCUT2D eigenvalue weighted by Gasteiger charge is 2.38. The molecule has 0 spiro atoms. The van der Waals surface area contributed by atoms with Gasteiger partial charge in [-0.3, -0.25) is 4.79 Å². The number of hydrogen-bond acceptors (Lipinski definition) is 5. The summed E-state index contributed by atoms with van der Waals surface area (Å²) >= 11 is 3.18. The Kier molecular flexibility index (Phi) is 5.37. The highest BCUT2D eigenvalue weighted by molar-refractivity contribution is 9.10. The molecule has 0 saturated heterocycles. The third-order valence-corrected chi connectivity index (χ3v) is 5.00. The van der Waals surface area contributed by atoms with Crippen molar-refractivity contribution in [1.82, 2.24) is 0 Å². The molecule has 1 aliphatic rings. The summed E-state index contributed by atoms with van der Waals surface area (Å²) in [6, 6.07) is 11.5. The fraction of sp³-hybridized carbons (Fsp3) is 0.238. The lowest BCUT2D eigenvalue weighted by Crippen LogP contribution is -2.25. The Hall–Kier alpha value is -2.60. The smallest absolute Gasteiger partial charge is 0.331 e. The second-order valence-corrected chi connectivity index (χ2v) is 7.56. The van der Waals surface area contributed by atoms with Gasteiger partial charge in [0.25, 0.3) is 0 Å². The summed E-state index contributed by atoms with van der Waals surface area (Å²) in [5.74, 6) is -0.351. The van der Waals surface area contributed by atoms with E-state index in [4.69, 9.17) is 9.15 Å². The molecular weight excluding hydrogens is 410 g/mol. The minimum atomic E-state index is -0.600. The zero-order chi connectivity index (χ0) is 19.6. The number of hydrogen-bond donors (Lipinski definition) is 0. The summed E-state index contributed by atoms with van der Waals surface area (Å²) in [5.41, 5.74) is 2.82. The molecule has 0 fully saturated rings. The first-order valence-corrected chi connectivity index (χ1v) is 9.27. The van der Waals surface area contributed by atoms with Gasteiger partial charge in [-0.25, -0.2) is 4.79 Å². The first kappa shape index (κ1) is 19.2. The zero-order valence-electron chi connectivity index (χ0n) is 15.4. The Labute approximate surface area is 166 Å². The van der Waals surface area contributed by atoms with Gasteiger partial charge in [0, 0.05) is 36.0 Å². The lowest BCUT2D eigenvalue weighted by atomic mass is 9.83. The molecule has 0 radical (unpaired) electrons. The number of benzene rings is 1. The number of carbonyl (C=O) groups excluding carboxylic acids is 2. The van der Waals surface area contributed by atoms with Gasteiger partial charge in [0.05, 0.1) is 0 Å². The maximum absolute atomic E-state index is 12.3. The summed E-state index contributed by atoms with van der Waals surface area (Å²) in [6.45, 7) is 3.84. The fourth-order valence-electron chi connectivity index (χ4n) is 3.21. The first-order valence-electron chi connectivity index (χ1n) is 8.47. The molecule has 0 atom stereocenters. The number of rotatable bonds is 5. The van der Waals surface area contributed by atoms with E-state index in [0.29, 0.717) is 10.4 Å². The van der Waals surface area contributed by atoms with Crippen molar-refractivity contribution in [2.24, 2.45) is 0 Å². The molecule has 140 valence electrons. The van der Waals surface area contributed by atoms with Crippen LogP contribution in [0.15, 0.2) is 63.3 Å². The molecule has 2 aromatic rings. The van der Waals surface area contributed by atoms with Crippen LogP contribution in [0, 0.1) is 0 Å². The summed E-state index contributed by atoms with van der Waals surface area (Å²) < 4.78 is 10.9. The van der Waals surface area contributed by atoms with Crippen LogP contribution in [-0.4, -0.2) is 25.4 Å². The van der Waals surface area contributed by atoms with E-state index < -0.39 is 5.97 Å². The van der Waals surface area contributed by atoms with E-state index in [1.807, 2.05) is 30.1 Å². The maximum Gasteiger partial charge on any atom is 0.331 e. The van der Waals surface area contributed by atoms with E-state index in [1.165, 1.54) is 12.2 Å². The lowest BCUT2D eigenvalue weighted by molar-refractivity contribution is -0.141. The molecule has 1 aliphatic heterocycles. The van der Waals surface area contributed by atoms with E-state index >= 15 is 0 Å². The van der Waals surface area contributed by atoms with Gasteiger partial charge in [-0.1, -0.05) is 32.0 Å². The summed E-state index contributed by atoms with van der Waals surface area (Å²) in [4.78, 5) is 26.1. The van der Waals surface area contributed by atoms with Gasteiger partial charge in [0.15, 0.2) is 17.1 Å². The SMILES string of the molecule is CN1C(=CC(=O)COC(=O)C=Cc2ccc(Br)o2)C(C)(C)c2ccccc21. The minimum Gasteiger partial charge on any atom is -0.454 e. The third kappa shape index (κ3) is 4.06. The fourth-order valence-corrected chi connectivity index (χ4v) is 3.53. The molecule has 0 unspecified atom stereocenters. The summed E-state index contributed by atoms with van der Waals surface area (Å²) in [6.07, 6.45) is 4.27. The van der Waals surface area contributed by atoms with Crippen molar-refractivity contribution >= 4 is 39.4 Å². The molecule has 2 heterocycles. The second-order valence-electron chi connectivity index (χ2n) is 6.78. The molecule has 0 saturated carbocycles. The number of esters is 1. The minimum absolute atomic E-state index is 0.264.